The van der Waals surface area contributed by atoms with E-state index >= 15 is 0 Å². The fourth-order valence-corrected chi connectivity index (χ4v) is 5.39. The number of anilines is 1. The van der Waals surface area contributed by atoms with Crippen LogP contribution in [0.1, 0.15) is 34.5 Å². The van der Waals surface area contributed by atoms with Gasteiger partial charge in [-0.15, -0.1) is 11.3 Å². The Morgan fingerprint density at radius 2 is 2.03 bits per heavy atom. The Morgan fingerprint density at radius 3 is 2.83 bits per heavy atom. The number of hydrogen-bond donors (Lipinski definition) is 1. The predicted octanol–water partition coefficient (Wildman–Crippen LogP) is 4.99. The molecule has 0 radical (unpaired) electrons. The number of hydrogen-bond acceptors (Lipinski definition) is 6. The van der Waals surface area contributed by atoms with E-state index in [2.05, 4.69) is 21.4 Å². The van der Waals surface area contributed by atoms with Crippen molar-refractivity contribution in [3.8, 4) is 17.3 Å². The maximum Gasteiger partial charge on any atom is 0.235 e. The molecule has 0 aliphatic heterocycles. The fourth-order valence-electron chi connectivity index (χ4n) is 3.43. The average molecular weight is 421 g/mol. The molecule has 2 heterocycles. The van der Waals surface area contributed by atoms with Gasteiger partial charge in [0, 0.05) is 16.1 Å². The van der Waals surface area contributed by atoms with E-state index < -0.39 is 0 Å². The zero-order chi connectivity index (χ0) is 20.2. The minimum absolute atomic E-state index is 0.142. The van der Waals surface area contributed by atoms with Crippen molar-refractivity contribution in [3.05, 3.63) is 58.1 Å². The van der Waals surface area contributed by atoms with Gasteiger partial charge >= 0.3 is 0 Å². The molecule has 0 saturated carbocycles. The van der Waals surface area contributed by atoms with Gasteiger partial charge < -0.3 is 5.32 Å². The van der Waals surface area contributed by atoms with Crippen molar-refractivity contribution < 1.29 is 4.79 Å². The number of amides is 1. The minimum Gasteiger partial charge on any atom is -0.316 e. The van der Waals surface area contributed by atoms with E-state index in [0.29, 0.717) is 15.7 Å². The lowest BCUT2D eigenvalue weighted by Gasteiger charge is -2.09. The molecule has 146 valence electrons. The Kier molecular flexibility index (Phi) is 5.93. The van der Waals surface area contributed by atoms with E-state index in [0.717, 1.165) is 48.2 Å². The number of carbonyl (C=O) groups excluding carboxylic acids is 1. The molecule has 0 atom stereocenters. The van der Waals surface area contributed by atoms with E-state index in [4.69, 9.17) is 0 Å². The highest BCUT2D eigenvalue weighted by molar-refractivity contribution is 7.99. The van der Waals surface area contributed by atoms with Crippen LogP contribution in [-0.4, -0.2) is 21.6 Å². The van der Waals surface area contributed by atoms with Gasteiger partial charge in [0.15, 0.2) is 5.16 Å². The van der Waals surface area contributed by atoms with Crippen LogP contribution in [0.3, 0.4) is 0 Å². The van der Waals surface area contributed by atoms with Gasteiger partial charge in [-0.25, -0.2) is 9.97 Å². The molecule has 0 spiro atoms. The molecule has 4 rings (SSSR count). The molecule has 3 aromatic rings. The number of thiophene rings is 1. The highest BCUT2D eigenvalue weighted by atomic mass is 32.2. The molecule has 0 unspecified atom stereocenters. The van der Waals surface area contributed by atoms with Crippen LogP contribution < -0.4 is 5.32 Å². The number of nitriles is 1. The van der Waals surface area contributed by atoms with Crippen molar-refractivity contribution in [1.29, 1.82) is 5.26 Å². The number of aromatic nitrogens is 2. The van der Waals surface area contributed by atoms with Gasteiger partial charge in [-0.2, -0.15) is 5.26 Å². The molecule has 0 saturated heterocycles. The minimum atomic E-state index is -0.142. The first-order chi connectivity index (χ1) is 14.1. The summed E-state index contributed by atoms with van der Waals surface area (Å²) in [5.74, 6) is 0.0574. The molecule has 7 heteroatoms. The van der Waals surface area contributed by atoms with Crippen LogP contribution >= 0.6 is 23.1 Å². The van der Waals surface area contributed by atoms with Crippen LogP contribution in [0.2, 0.25) is 0 Å². The Morgan fingerprint density at radius 1 is 1.24 bits per heavy atom. The largest absolute Gasteiger partial charge is 0.316 e. The van der Waals surface area contributed by atoms with E-state index in [-0.39, 0.29) is 11.7 Å². The monoisotopic (exact) mass is 420 g/mol. The Balaban J connectivity index is 1.45. The first kappa shape index (κ1) is 19.6. The Hall–Kier alpha value is -2.69. The third kappa shape index (κ3) is 4.50. The highest BCUT2D eigenvalue weighted by Gasteiger charge is 2.21. The van der Waals surface area contributed by atoms with Crippen LogP contribution in [0.4, 0.5) is 5.00 Å². The second kappa shape index (κ2) is 8.76. The molecular weight excluding hydrogens is 400 g/mol. The van der Waals surface area contributed by atoms with Crippen molar-refractivity contribution in [3.63, 3.8) is 0 Å². The molecular formula is C22H20N4OS2. The number of thioether (sulfide) groups is 1. The summed E-state index contributed by atoms with van der Waals surface area (Å²) in [7, 11) is 0. The summed E-state index contributed by atoms with van der Waals surface area (Å²) in [6.45, 7) is 1.92. The number of fused-ring (bicyclic) bond motifs is 1. The van der Waals surface area contributed by atoms with Crippen LogP contribution in [0, 0.1) is 18.3 Å². The standard InChI is InChI=1S/C22H20N4OS2/c1-14-11-18(15-7-3-2-4-8-15)25-22(24-14)28-13-20(27)26-21-17(12-23)16-9-5-6-10-19(16)29-21/h2-4,7-8,11H,5-6,9-10,13H2,1H3,(H,26,27). The van der Waals surface area contributed by atoms with Crippen LogP contribution in [0.5, 0.6) is 0 Å². The average Bonchev–Trinajstić information content (AvgIpc) is 3.09. The molecule has 29 heavy (non-hydrogen) atoms. The number of rotatable bonds is 5. The summed E-state index contributed by atoms with van der Waals surface area (Å²) in [6, 6.07) is 14.1. The summed E-state index contributed by atoms with van der Waals surface area (Å²) < 4.78 is 0. The van der Waals surface area contributed by atoms with Gasteiger partial charge in [-0.1, -0.05) is 42.1 Å². The quantitative estimate of drug-likeness (QED) is 0.464. The number of benzene rings is 1. The normalized spacial score (nSPS) is 12.8. The zero-order valence-electron chi connectivity index (χ0n) is 16.1. The van der Waals surface area contributed by atoms with Gasteiger partial charge in [0.2, 0.25) is 5.91 Å². The third-order valence-corrected chi connectivity index (χ3v) is 6.83. The topological polar surface area (TPSA) is 78.7 Å². The highest BCUT2D eigenvalue weighted by Crippen LogP contribution is 2.37. The zero-order valence-corrected chi connectivity index (χ0v) is 17.7. The third-order valence-electron chi connectivity index (χ3n) is 4.77. The number of aryl methyl sites for hydroxylation is 2. The predicted molar refractivity (Wildman–Crippen MR) is 117 cm³/mol. The van der Waals surface area contributed by atoms with E-state index in [1.807, 2.05) is 43.3 Å². The van der Waals surface area contributed by atoms with Gasteiger partial charge in [-0.05, 0) is 44.2 Å². The molecule has 0 bridgehead atoms. The summed E-state index contributed by atoms with van der Waals surface area (Å²) in [5.41, 5.74) is 4.49. The lowest BCUT2D eigenvalue weighted by molar-refractivity contribution is -0.113. The first-order valence-corrected chi connectivity index (χ1v) is 11.3. The molecule has 1 amide bonds. The van der Waals surface area contributed by atoms with Gasteiger partial charge in [0.1, 0.15) is 11.1 Å². The van der Waals surface area contributed by atoms with Crippen molar-refractivity contribution in [1.82, 2.24) is 9.97 Å². The van der Waals surface area contributed by atoms with Gasteiger partial charge in [0.25, 0.3) is 0 Å². The SMILES string of the molecule is Cc1cc(-c2ccccc2)nc(SCC(=O)Nc2sc3c(c2C#N)CCCC3)n1. The second-order valence-corrected chi connectivity index (χ2v) is 8.95. The fraction of sp³-hybridized carbons (Fsp3) is 0.273. The van der Waals surface area contributed by atoms with E-state index in [1.54, 1.807) is 11.3 Å². The van der Waals surface area contributed by atoms with Crippen LogP contribution in [-0.2, 0) is 17.6 Å². The number of nitrogens with zero attached hydrogens (tertiary/aromatic N) is 3. The summed E-state index contributed by atoms with van der Waals surface area (Å²) in [4.78, 5) is 22.8. The molecule has 1 aromatic carbocycles. The summed E-state index contributed by atoms with van der Waals surface area (Å²) in [5, 5.41) is 13.7. The van der Waals surface area contributed by atoms with E-state index in [9.17, 15) is 10.1 Å². The molecule has 2 aromatic heterocycles. The van der Waals surface area contributed by atoms with Crippen LogP contribution in [0.15, 0.2) is 41.6 Å². The van der Waals surface area contributed by atoms with E-state index in [1.165, 1.54) is 16.6 Å². The van der Waals surface area contributed by atoms with Crippen molar-refractivity contribution in [2.75, 3.05) is 11.1 Å². The smallest absolute Gasteiger partial charge is 0.235 e. The summed E-state index contributed by atoms with van der Waals surface area (Å²) >= 11 is 2.85. The Bertz CT molecular complexity index is 1090. The number of carbonyl (C=O) groups is 1. The second-order valence-electron chi connectivity index (χ2n) is 6.91. The molecule has 1 aliphatic carbocycles. The van der Waals surface area contributed by atoms with Gasteiger partial charge in [0.05, 0.1) is 17.0 Å². The molecule has 1 N–H and O–H groups in total. The van der Waals surface area contributed by atoms with Crippen molar-refractivity contribution in [2.24, 2.45) is 0 Å². The number of nitrogens with one attached hydrogen (secondary N) is 1. The molecule has 5 nitrogen and oxygen atoms in total. The first-order valence-electron chi connectivity index (χ1n) is 9.52. The lowest BCUT2D eigenvalue weighted by Crippen LogP contribution is -2.14. The van der Waals surface area contributed by atoms with Gasteiger partial charge in [-0.3, -0.25) is 4.79 Å². The summed E-state index contributed by atoms with van der Waals surface area (Å²) in [6.07, 6.45) is 4.18. The van der Waals surface area contributed by atoms with Crippen LogP contribution in [0.25, 0.3) is 11.3 Å². The van der Waals surface area contributed by atoms with Crippen molar-refractivity contribution in [2.45, 2.75) is 37.8 Å². The molecule has 0 fully saturated rings. The molecule has 1 aliphatic rings. The Labute approximate surface area is 178 Å². The van der Waals surface area contributed by atoms with Crippen molar-refractivity contribution >= 4 is 34.0 Å². The maximum absolute atomic E-state index is 12.5. The lowest BCUT2D eigenvalue weighted by atomic mass is 9.96. The maximum atomic E-state index is 12.5.